The molecule has 0 saturated carbocycles. The van der Waals surface area contributed by atoms with Gasteiger partial charge in [0.05, 0.1) is 6.54 Å². The molecule has 5 nitrogen and oxygen atoms in total. The number of nitrogens with one attached hydrogen (secondary N) is 1. The first-order valence-corrected chi connectivity index (χ1v) is 7.58. The normalized spacial score (nSPS) is 14.5. The third-order valence-electron chi connectivity index (χ3n) is 3.32. The lowest BCUT2D eigenvalue weighted by molar-refractivity contribution is 0.0946. The monoisotopic (exact) mass is 288 g/mol. The molecule has 0 bridgehead atoms. The van der Waals surface area contributed by atoms with E-state index < -0.39 is 0 Å². The Hall–Kier alpha value is -1.95. The number of nitrogens with zero attached hydrogens (tertiary/aromatic N) is 3. The van der Waals surface area contributed by atoms with Crippen molar-refractivity contribution in [2.45, 2.75) is 19.4 Å². The summed E-state index contributed by atoms with van der Waals surface area (Å²) in [6.07, 6.45) is 3.83. The number of aromatic nitrogens is 2. The van der Waals surface area contributed by atoms with Gasteiger partial charge in [-0.1, -0.05) is 6.07 Å². The summed E-state index contributed by atoms with van der Waals surface area (Å²) in [6, 6.07) is 5.75. The van der Waals surface area contributed by atoms with Crippen LogP contribution < -0.4 is 10.2 Å². The van der Waals surface area contributed by atoms with Crippen LogP contribution in [-0.4, -0.2) is 29.0 Å². The van der Waals surface area contributed by atoms with Crippen LogP contribution in [0.25, 0.3) is 0 Å². The Balaban J connectivity index is 1.66. The number of thiophene rings is 1. The highest BCUT2D eigenvalue weighted by atomic mass is 32.1. The van der Waals surface area contributed by atoms with Crippen LogP contribution in [0, 0.1) is 0 Å². The van der Waals surface area contributed by atoms with Gasteiger partial charge in [-0.05, 0) is 24.3 Å². The lowest BCUT2D eigenvalue weighted by atomic mass is 10.3. The van der Waals surface area contributed by atoms with Crippen molar-refractivity contribution < 1.29 is 4.79 Å². The minimum Gasteiger partial charge on any atom is -0.357 e. The van der Waals surface area contributed by atoms with Crippen LogP contribution in [0.3, 0.4) is 0 Å². The van der Waals surface area contributed by atoms with E-state index in [-0.39, 0.29) is 5.91 Å². The molecule has 0 aromatic carbocycles. The maximum absolute atomic E-state index is 12.1. The number of hydrogen-bond acceptors (Lipinski definition) is 5. The topological polar surface area (TPSA) is 58.1 Å². The van der Waals surface area contributed by atoms with Gasteiger partial charge in [0, 0.05) is 24.0 Å². The average molecular weight is 288 g/mol. The second-order valence-electron chi connectivity index (χ2n) is 4.72. The van der Waals surface area contributed by atoms with Gasteiger partial charge in [0.1, 0.15) is 17.8 Å². The predicted octanol–water partition coefficient (Wildman–Crippen LogP) is 2.07. The molecule has 2 aromatic heterocycles. The molecule has 104 valence electrons. The van der Waals surface area contributed by atoms with Crippen molar-refractivity contribution in [3.63, 3.8) is 0 Å². The highest BCUT2D eigenvalue weighted by molar-refractivity contribution is 7.09. The molecule has 3 rings (SSSR count). The summed E-state index contributed by atoms with van der Waals surface area (Å²) in [5.74, 6) is 0.694. The number of carbonyl (C=O) groups is 1. The molecule has 1 saturated heterocycles. The molecule has 1 fully saturated rings. The van der Waals surface area contributed by atoms with Crippen molar-refractivity contribution in [1.29, 1.82) is 0 Å². The molecular formula is C14H16N4OS. The van der Waals surface area contributed by atoms with Gasteiger partial charge in [-0.25, -0.2) is 9.97 Å². The molecule has 3 heterocycles. The van der Waals surface area contributed by atoms with E-state index in [4.69, 9.17) is 0 Å². The van der Waals surface area contributed by atoms with Crippen molar-refractivity contribution in [1.82, 2.24) is 15.3 Å². The van der Waals surface area contributed by atoms with E-state index in [1.165, 1.54) is 19.2 Å². The van der Waals surface area contributed by atoms with E-state index in [1.807, 2.05) is 17.5 Å². The summed E-state index contributed by atoms with van der Waals surface area (Å²) in [5, 5.41) is 4.88. The molecule has 20 heavy (non-hydrogen) atoms. The minimum absolute atomic E-state index is 0.152. The maximum atomic E-state index is 12.1. The summed E-state index contributed by atoms with van der Waals surface area (Å²) in [4.78, 5) is 23.7. The first-order valence-electron chi connectivity index (χ1n) is 6.70. The van der Waals surface area contributed by atoms with Crippen LogP contribution in [0.15, 0.2) is 29.9 Å². The van der Waals surface area contributed by atoms with E-state index in [2.05, 4.69) is 20.2 Å². The van der Waals surface area contributed by atoms with Gasteiger partial charge in [-0.2, -0.15) is 0 Å². The quantitative estimate of drug-likeness (QED) is 0.935. The van der Waals surface area contributed by atoms with Crippen LogP contribution in [-0.2, 0) is 6.54 Å². The molecule has 2 aromatic rings. The maximum Gasteiger partial charge on any atom is 0.270 e. The van der Waals surface area contributed by atoms with E-state index in [9.17, 15) is 4.79 Å². The van der Waals surface area contributed by atoms with E-state index in [0.29, 0.717) is 12.2 Å². The van der Waals surface area contributed by atoms with Crippen LogP contribution in [0.5, 0.6) is 0 Å². The number of hydrogen-bond donors (Lipinski definition) is 1. The number of anilines is 1. The lowest BCUT2D eigenvalue weighted by Gasteiger charge is -2.16. The van der Waals surface area contributed by atoms with Gasteiger partial charge < -0.3 is 10.2 Å². The molecule has 1 N–H and O–H groups in total. The Kier molecular flexibility index (Phi) is 3.92. The van der Waals surface area contributed by atoms with Crippen LogP contribution in [0.2, 0.25) is 0 Å². The second kappa shape index (κ2) is 6.00. The lowest BCUT2D eigenvalue weighted by Crippen LogP contribution is -2.25. The van der Waals surface area contributed by atoms with Crippen molar-refractivity contribution in [2.75, 3.05) is 18.0 Å². The van der Waals surface area contributed by atoms with Gasteiger partial charge in [0.25, 0.3) is 5.91 Å². The number of carbonyl (C=O) groups excluding carboxylic acids is 1. The van der Waals surface area contributed by atoms with Gasteiger partial charge in [-0.3, -0.25) is 4.79 Å². The minimum atomic E-state index is -0.152. The third kappa shape index (κ3) is 2.96. The Morgan fingerprint density at radius 3 is 2.95 bits per heavy atom. The van der Waals surface area contributed by atoms with E-state index in [0.717, 1.165) is 23.8 Å². The Bertz CT molecular complexity index is 579. The Morgan fingerprint density at radius 2 is 2.20 bits per heavy atom. The molecule has 1 amide bonds. The summed E-state index contributed by atoms with van der Waals surface area (Å²) in [7, 11) is 0. The molecule has 0 aliphatic carbocycles. The fraction of sp³-hybridized carbons (Fsp3) is 0.357. The molecule has 1 aliphatic rings. The molecular weight excluding hydrogens is 272 g/mol. The van der Waals surface area contributed by atoms with Crippen LogP contribution in [0.1, 0.15) is 28.2 Å². The second-order valence-corrected chi connectivity index (χ2v) is 5.75. The zero-order chi connectivity index (χ0) is 13.8. The van der Waals surface area contributed by atoms with Crippen molar-refractivity contribution in [2.24, 2.45) is 0 Å². The van der Waals surface area contributed by atoms with Crippen molar-refractivity contribution in [3.8, 4) is 0 Å². The van der Waals surface area contributed by atoms with Gasteiger partial charge in [-0.15, -0.1) is 11.3 Å². The SMILES string of the molecule is O=C(NCc1cccs1)c1cc(N2CCCC2)ncn1. The first kappa shape index (κ1) is 13.1. The highest BCUT2D eigenvalue weighted by Crippen LogP contribution is 2.17. The summed E-state index contributed by atoms with van der Waals surface area (Å²) >= 11 is 1.63. The fourth-order valence-electron chi connectivity index (χ4n) is 2.26. The van der Waals surface area contributed by atoms with Crippen molar-refractivity contribution >= 4 is 23.1 Å². The van der Waals surface area contributed by atoms with Crippen LogP contribution >= 0.6 is 11.3 Å². The zero-order valence-electron chi connectivity index (χ0n) is 11.1. The molecule has 0 radical (unpaired) electrons. The Labute approximate surface area is 121 Å². The van der Waals surface area contributed by atoms with Gasteiger partial charge >= 0.3 is 0 Å². The summed E-state index contributed by atoms with van der Waals surface area (Å²) in [5.41, 5.74) is 0.429. The molecule has 0 unspecified atom stereocenters. The van der Waals surface area contributed by atoms with Gasteiger partial charge in [0.2, 0.25) is 0 Å². The Morgan fingerprint density at radius 1 is 1.35 bits per heavy atom. The number of rotatable bonds is 4. The molecule has 0 atom stereocenters. The average Bonchev–Trinajstić information content (AvgIpc) is 3.18. The first-order chi connectivity index (χ1) is 9.83. The molecule has 6 heteroatoms. The molecule has 0 spiro atoms. The van der Waals surface area contributed by atoms with E-state index >= 15 is 0 Å². The predicted molar refractivity (Wildman–Crippen MR) is 79.0 cm³/mol. The summed E-state index contributed by atoms with van der Waals surface area (Å²) < 4.78 is 0. The van der Waals surface area contributed by atoms with Gasteiger partial charge in [0.15, 0.2) is 0 Å². The third-order valence-corrected chi connectivity index (χ3v) is 4.20. The summed E-state index contributed by atoms with van der Waals surface area (Å²) in [6.45, 7) is 2.56. The standard InChI is InChI=1S/C14H16N4OS/c19-14(15-9-11-4-3-7-20-11)12-8-13(17-10-16-12)18-5-1-2-6-18/h3-4,7-8,10H,1-2,5-6,9H2,(H,15,19). The van der Waals surface area contributed by atoms with E-state index in [1.54, 1.807) is 17.4 Å². The number of amides is 1. The zero-order valence-corrected chi connectivity index (χ0v) is 11.9. The molecule has 1 aliphatic heterocycles. The van der Waals surface area contributed by atoms with Crippen LogP contribution in [0.4, 0.5) is 5.82 Å². The smallest absolute Gasteiger partial charge is 0.270 e. The fourth-order valence-corrected chi connectivity index (χ4v) is 2.91. The van der Waals surface area contributed by atoms with Crippen molar-refractivity contribution in [3.05, 3.63) is 40.5 Å². The highest BCUT2D eigenvalue weighted by Gasteiger charge is 2.16. The largest absolute Gasteiger partial charge is 0.357 e.